The number of ether oxygens (including phenoxy) is 2. The molecule has 0 aliphatic carbocycles. The summed E-state index contributed by atoms with van der Waals surface area (Å²) >= 11 is 0. The molecule has 1 aromatic heterocycles. The van der Waals surface area contributed by atoms with Gasteiger partial charge >= 0.3 is 5.69 Å². The molecular weight excluding hydrogens is 587 g/mol. The number of nitrogen functional groups attached to an aromatic ring is 1. The average molecular weight is 621 g/mol. The Labute approximate surface area is 265 Å². The molecule has 0 saturated carbocycles. The van der Waals surface area contributed by atoms with E-state index in [1.54, 1.807) is 49.6 Å². The van der Waals surface area contributed by atoms with Crippen LogP contribution >= 0.6 is 0 Å². The van der Waals surface area contributed by atoms with E-state index in [0.717, 1.165) is 15.7 Å². The number of halogens is 1. The first-order valence-electron chi connectivity index (χ1n) is 14.7. The van der Waals surface area contributed by atoms with Gasteiger partial charge in [0.05, 0.1) is 12.5 Å². The molecule has 46 heavy (non-hydrogen) atoms. The Morgan fingerprint density at radius 3 is 1.93 bits per heavy atom. The first-order valence-corrected chi connectivity index (χ1v) is 14.7. The minimum absolute atomic E-state index is 0.0219. The monoisotopic (exact) mass is 620 g/mol. The summed E-state index contributed by atoms with van der Waals surface area (Å²) in [6, 6.07) is 36.0. The zero-order valence-corrected chi connectivity index (χ0v) is 25.0. The highest BCUT2D eigenvalue weighted by molar-refractivity contribution is 6.00. The maximum Gasteiger partial charge on any atom is 0.351 e. The van der Waals surface area contributed by atoms with Crippen molar-refractivity contribution in [1.29, 1.82) is 0 Å². The number of methoxy groups -OCH3 is 1. The number of rotatable bonds is 10. The van der Waals surface area contributed by atoms with Gasteiger partial charge in [0.15, 0.2) is 24.3 Å². The van der Waals surface area contributed by atoms with Crippen molar-refractivity contribution in [1.82, 2.24) is 9.55 Å². The van der Waals surface area contributed by atoms with Gasteiger partial charge in [-0.3, -0.25) is 14.2 Å². The van der Waals surface area contributed by atoms with Crippen molar-refractivity contribution >= 4 is 11.6 Å². The molecule has 1 aliphatic rings. The number of hydrogen-bond acceptors (Lipinski definition) is 8. The summed E-state index contributed by atoms with van der Waals surface area (Å²) in [5, 5.41) is 0. The third-order valence-corrected chi connectivity index (χ3v) is 8.66. The third-order valence-electron chi connectivity index (χ3n) is 8.66. The Morgan fingerprint density at radius 2 is 1.41 bits per heavy atom. The van der Waals surface area contributed by atoms with Crippen LogP contribution in [0.2, 0.25) is 0 Å². The standard InChI is InChI=1S/C36H33FN4O5/c1-44-27-19-17-26(18-20-27)36(24-13-7-3-8-14-24,25-15-9-4-10-16-25)29-30(37)34(41-22-21-28(38)40-35(41)43)45-32(29)33(46-39)31(42)23-11-5-2-6-12-23/h2-22,29-30,32-34H,39H2,1H3,(H2,38,40,43)/t29-,30+,32-,33?,34+/m0/s1. The van der Waals surface area contributed by atoms with E-state index in [9.17, 15) is 9.59 Å². The number of nitrogens with zero attached hydrogens (tertiary/aromatic N) is 2. The smallest absolute Gasteiger partial charge is 0.351 e. The lowest BCUT2D eigenvalue weighted by Crippen LogP contribution is -2.52. The zero-order chi connectivity index (χ0) is 32.3. The van der Waals surface area contributed by atoms with Gasteiger partial charge in [-0.15, -0.1) is 0 Å². The van der Waals surface area contributed by atoms with Crippen molar-refractivity contribution in [3.05, 3.63) is 160 Å². The molecule has 0 radical (unpaired) electrons. The predicted octanol–water partition coefficient (Wildman–Crippen LogP) is 4.86. The molecule has 9 nitrogen and oxygen atoms in total. The summed E-state index contributed by atoms with van der Waals surface area (Å²) < 4.78 is 30.7. The van der Waals surface area contributed by atoms with Crippen LogP contribution < -0.4 is 22.1 Å². The summed E-state index contributed by atoms with van der Waals surface area (Å²) in [6.07, 6.45) is -4.82. The SMILES string of the molecule is COc1ccc(C(c2ccccc2)(c2ccccc2)[C@H]2[C@@H](F)[C@H](n3ccc(N)nc3=O)O[C@@H]2C(ON)C(=O)c2ccccc2)cc1. The number of ketones is 1. The van der Waals surface area contributed by atoms with Crippen molar-refractivity contribution < 1.29 is 23.5 Å². The van der Waals surface area contributed by atoms with Gasteiger partial charge in [0.1, 0.15) is 17.7 Å². The molecule has 4 N–H and O–H groups in total. The molecule has 1 aliphatic heterocycles. The second-order valence-corrected chi connectivity index (χ2v) is 11.1. The van der Waals surface area contributed by atoms with Gasteiger partial charge in [-0.2, -0.15) is 4.98 Å². The third kappa shape index (κ3) is 5.36. The maximum absolute atomic E-state index is 17.8. The summed E-state index contributed by atoms with van der Waals surface area (Å²) in [5.41, 5.74) is 6.10. The number of aromatic nitrogens is 2. The lowest BCUT2D eigenvalue weighted by molar-refractivity contribution is -0.0887. The molecular formula is C36H33FN4O5. The number of benzene rings is 4. The summed E-state index contributed by atoms with van der Waals surface area (Å²) in [6.45, 7) is 0. The summed E-state index contributed by atoms with van der Waals surface area (Å²) in [7, 11) is 1.57. The lowest BCUT2D eigenvalue weighted by Gasteiger charge is -2.44. The minimum atomic E-state index is -1.89. The molecule has 4 aromatic carbocycles. The second-order valence-electron chi connectivity index (χ2n) is 11.1. The van der Waals surface area contributed by atoms with Crippen LogP contribution in [0.15, 0.2) is 132 Å². The molecule has 0 spiro atoms. The van der Waals surface area contributed by atoms with Crippen molar-refractivity contribution in [3.8, 4) is 5.75 Å². The number of nitrogens with two attached hydrogens (primary N) is 2. The number of hydrogen-bond donors (Lipinski definition) is 2. The van der Waals surface area contributed by atoms with Crippen molar-refractivity contribution in [3.63, 3.8) is 0 Å². The first-order chi connectivity index (χ1) is 22.4. The van der Waals surface area contributed by atoms with E-state index in [1.165, 1.54) is 12.3 Å². The van der Waals surface area contributed by atoms with Crippen molar-refractivity contribution in [2.45, 2.75) is 30.0 Å². The average Bonchev–Trinajstić information content (AvgIpc) is 3.43. The fourth-order valence-electron chi connectivity index (χ4n) is 6.65. The highest BCUT2D eigenvalue weighted by atomic mass is 19.1. The number of alkyl halides is 1. The molecule has 5 atom stereocenters. The second kappa shape index (κ2) is 13.1. The Bertz CT molecular complexity index is 1800. The number of Topliss-reactive ketones (excluding diaryl/α,β-unsaturated/α-hetero) is 1. The van der Waals surface area contributed by atoms with Gasteiger partial charge in [-0.1, -0.05) is 103 Å². The Morgan fingerprint density at radius 1 is 0.870 bits per heavy atom. The fraction of sp³-hybridized carbons (Fsp3) is 0.194. The van der Waals surface area contributed by atoms with Crippen LogP contribution in [0, 0.1) is 5.92 Å². The van der Waals surface area contributed by atoms with Crippen LogP contribution in [0.5, 0.6) is 5.75 Å². The van der Waals surface area contributed by atoms with E-state index in [2.05, 4.69) is 4.98 Å². The topological polar surface area (TPSA) is 132 Å². The largest absolute Gasteiger partial charge is 0.497 e. The molecule has 10 heteroatoms. The number of carbonyl (C=O) groups excluding carboxylic acids is 1. The van der Waals surface area contributed by atoms with E-state index >= 15 is 4.39 Å². The van der Waals surface area contributed by atoms with E-state index in [-0.39, 0.29) is 5.82 Å². The van der Waals surface area contributed by atoms with Gasteiger partial charge in [0, 0.05) is 17.7 Å². The first kappa shape index (κ1) is 30.8. The van der Waals surface area contributed by atoms with Crippen molar-refractivity contribution in [2.75, 3.05) is 12.8 Å². The molecule has 6 rings (SSSR count). The Hall–Kier alpha value is -5.16. The van der Waals surface area contributed by atoms with Crippen LogP contribution in [-0.4, -0.2) is 40.8 Å². The fourth-order valence-corrected chi connectivity index (χ4v) is 6.65. The maximum atomic E-state index is 17.8. The molecule has 234 valence electrons. The Kier molecular flexibility index (Phi) is 8.76. The van der Waals surface area contributed by atoms with E-state index in [1.807, 2.05) is 72.8 Å². The quantitative estimate of drug-likeness (QED) is 0.129. The molecule has 1 saturated heterocycles. The van der Waals surface area contributed by atoms with Crippen LogP contribution in [0.25, 0.3) is 0 Å². The van der Waals surface area contributed by atoms with Gasteiger partial charge in [0.2, 0.25) is 0 Å². The van der Waals surface area contributed by atoms with E-state index in [4.69, 9.17) is 25.9 Å². The minimum Gasteiger partial charge on any atom is -0.497 e. The van der Waals surface area contributed by atoms with Crippen LogP contribution in [0.3, 0.4) is 0 Å². The van der Waals surface area contributed by atoms with Crippen LogP contribution in [0.4, 0.5) is 10.2 Å². The van der Waals surface area contributed by atoms with E-state index < -0.39 is 47.4 Å². The molecule has 0 amide bonds. The lowest BCUT2D eigenvalue weighted by atomic mass is 9.58. The van der Waals surface area contributed by atoms with Gasteiger partial charge in [-0.25, -0.2) is 15.1 Å². The van der Waals surface area contributed by atoms with Crippen LogP contribution in [-0.2, 0) is 15.0 Å². The highest BCUT2D eigenvalue weighted by Gasteiger charge is 2.61. The van der Waals surface area contributed by atoms with Crippen molar-refractivity contribution in [2.24, 2.45) is 11.8 Å². The zero-order valence-electron chi connectivity index (χ0n) is 25.0. The molecule has 0 bridgehead atoms. The van der Waals surface area contributed by atoms with Gasteiger partial charge < -0.3 is 15.2 Å². The highest BCUT2D eigenvalue weighted by Crippen LogP contribution is 2.55. The molecule has 1 unspecified atom stereocenters. The van der Waals surface area contributed by atoms with Gasteiger partial charge in [-0.05, 0) is 34.9 Å². The molecule has 2 heterocycles. The predicted molar refractivity (Wildman–Crippen MR) is 171 cm³/mol. The summed E-state index contributed by atoms with van der Waals surface area (Å²) in [4.78, 5) is 36.4. The molecule has 1 fully saturated rings. The van der Waals surface area contributed by atoms with E-state index in [0.29, 0.717) is 16.9 Å². The van der Waals surface area contributed by atoms with Crippen LogP contribution in [0.1, 0.15) is 33.3 Å². The summed E-state index contributed by atoms with van der Waals surface area (Å²) in [5.74, 6) is 4.80. The normalized spacial score (nSPS) is 20.2. The molecule has 5 aromatic rings. The number of anilines is 1. The number of carbonyl (C=O) groups is 1. The van der Waals surface area contributed by atoms with Gasteiger partial charge in [0.25, 0.3) is 0 Å². The Balaban J connectivity index is 1.66.